The predicted molar refractivity (Wildman–Crippen MR) is 150 cm³/mol. The van der Waals surface area contributed by atoms with Crippen molar-refractivity contribution in [3.63, 3.8) is 0 Å². The first-order valence-corrected chi connectivity index (χ1v) is 13.5. The molecule has 4 unspecified atom stereocenters. The Kier molecular flexibility index (Phi) is 9.69. The zero-order chi connectivity index (χ0) is 29.4. The van der Waals surface area contributed by atoms with Crippen molar-refractivity contribution in [3.05, 3.63) is 71.9 Å². The van der Waals surface area contributed by atoms with Gasteiger partial charge in [-0.25, -0.2) is 4.79 Å². The topological polar surface area (TPSA) is 196 Å². The Morgan fingerprint density at radius 2 is 1.54 bits per heavy atom. The number of hydrogen-bond acceptors (Lipinski definition) is 6. The minimum atomic E-state index is -1.57. The molecule has 0 radical (unpaired) electrons. The van der Waals surface area contributed by atoms with E-state index in [-0.39, 0.29) is 18.7 Å². The monoisotopic (exact) mass is 562 g/mol. The van der Waals surface area contributed by atoms with Crippen molar-refractivity contribution in [1.82, 2.24) is 26.3 Å². The molecule has 216 valence electrons. The van der Waals surface area contributed by atoms with Gasteiger partial charge in [0.05, 0.1) is 12.5 Å². The van der Waals surface area contributed by atoms with E-state index in [2.05, 4.69) is 26.3 Å². The minimum absolute atomic E-state index is 0.0146. The van der Waals surface area contributed by atoms with Crippen LogP contribution in [0.4, 0.5) is 0 Å². The second-order valence-electron chi connectivity index (χ2n) is 10.1. The number of carbonyl (C=O) groups excluding carboxylic acids is 4. The van der Waals surface area contributed by atoms with Gasteiger partial charge >= 0.3 is 5.97 Å². The maximum absolute atomic E-state index is 13.7. The molecule has 2 heterocycles. The van der Waals surface area contributed by atoms with Gasteiger partial charge < -0.3 is 37.1 Å². The van der Waals surface area contributed by atoms with Gasteiger partial charge in [-0.15, -0.1) is 0 Å². The number of hydrogen-bond donors (Lipinski definition) is 7. The number of carboxylic acids is 1. The summed E-state index contributed by atoms with van der Waals surface area (Å²) in [5.41, 5.74) is 7.51. The summed E-state index contributed by atoms with van der Waals surface area (Å²) < 4.78 is 0. The summed E-state index contributed by atoms with van der Waals surface area (Å²) in [6.07, 6.45) is 2.77. The fourth-order valence-electron chi connectivity index (χ4n) is 4.92. The van der Waals surface area contributed by atoms with Crippen molar-refractivity contribution >= 4 is 40.5 Å². The number of primary amides is 1. The van der Waals surface area contributed by atoms with Crippen molar-refractivity contribution in [2.24, 2.45) is 5.73 Å². The van der Waals surface area contributed by atoms with Crippen LogP contribution in [0.5, 0.6) is 0 Å². The molecule has 12 heteroatoms. The van der Waals surface area contributed by atoms with Crippen LogP contribution in [0.15, 0.2) is 60.8 Å². The molecule has 0 spiro atoms. The van der Waals surface area contributed by atoms with E-state index in [1.165, 1.54) is 0 Å². The van der Waals surface area contributed by atoms with Crippen molar-refractivity contribution in [2.75, 3.05) is 6.54 Å². The smallest absolute Gasteiger partial charge is 0.326 e. The lowest BCUT2D eigenvalue weighted by Crippen LogP contribution is -2.58. The quantitative estimate of drug-likeness (QED) is 0.154. The molecule has 4 rings (SSSR count). The Morgan fingerprint density at radius 1 is 0.878 bits per heavy atom. The van der Waals surface area contributed by atoms with E-state index in [1.807, 2.05) is 54.6 Å². The molecule has 1 aromatic heterocycles. The molecule has 0 bridgehead atoms. The first-order valence-electron chi connectivity index (χ1n) is 13.5. The normalized spacial score (nSPS) is 16.8. The largest absolute Gasteiger partial charge is 0.480 e. The Hall–Kier alpha value is -4.71. The fourth-order valence-corrected chi connectivity index (χ4v) is 4.92. The summed E-state index contributed by atoms with van der Waals surface area (Å²) in [6.45, 7) is 0.705. The van der Waals surface area contributed by atoms with Crippen molar-refractivity contribution < 1.29 is 29.1 Å². The minimum Gasteiger partial charge on any atom is -0.480 e. The Labute approximate surface area is 236 Å². The Bertz CT molecular complexity index is 1400. The molecule has 0 saturated carbocycles. The molecular weight excluding hydrogens is 528 g/mol. The first kappa shape index (κ1) is 29.3. The van der Waals surface area contributed by atoms with E-state index >= 15 is 0 Å². The van der Waals surface area contributed by atoms with Crippen molar-refractivity contribution in [3.8, 4) is 0 Å². The van der Waals surface area contributed by atoms with E-state index in [9.17, 15) is 29.1 Å². The molecule has 4 atom stereocenters. The number of carbonyl (C=O) groups is 5. The number of fused-ring (bicyclic) bond motifs is 1. The SMILES string of the molecule is NC(=O)CC(NC(=O)C(Cc1c[nH]c2ccccc12)NC(=O)C(Cc1ccccc1)NC(=O)C1CCCN1)C(=O)O. The van der Waals surface area contributed by atoms with Gasteiger partial charge in [0.2, 0.25) is 23.6 Å². The highest BCUT2D eigenvalue weighted by Gasteiger charge is 2.32. The van der Waals surface area contributed by atoms with Crippen LogP contribution >= 0.6 is 0 Å². The zero-order valence-electron chi connectivity index (χ0n) is 22.4. The molecule has 8 N–H and O–H groups in total. The number of para-hydroxylation sites is 1. The molecule has 1 fully saturated rings. The number of nitrogens with one attached hydrogen (secondary N) is 5. The van der Waals surface area contributed by atoms with Gasteiger partial charge in [-0.2, -0.15) is 0 Å². The maximum Gasteiger partial charge on any atom is 0.326 e. The highest BCUT2D eigenvalue weighted by atomic mass is 16.4. The molecule has 1 saturated heterocycles. The van der Waals surface area contributed by atoms with Gasteiger partial charge in [0.15, 0.2) is 0 Å². The number of carboxylic acid groups (broad SMARTS) is 1. The summed E-state index contributed by atoms with van der Waals surface area (Å²) >= 11 is 0. The molecule has 4 amide bonds. The van der Waals surface area contributed by atoms with Crippen LogP contribution in [0.25, 0.3) is 10.9 Å². The number of aromatic nitrogens is 1. The van der Waals surface area contributed by atoms with Crippen LogP contribution in [0.1, 0.15) is 30.4 Å². The Balaban J connectivity index is 1.59. The lowest BCUT2D eigenvalue weighted by atomic mass is 10.0. The third-order valence-corrected chi connectivity index (χ3v) is 7.04. The number of H-pyrrole nitrogens is 1. The molecule has 1 aliphatic heterocycles. The Morgan fingerprint density at radius 3 is 2.20 bits per heavy atom. The molecule has 3 aromatic rings. The van der Waals surface area contributed by atoms with Crippen LogP contribution in [0.3, 0.4) is 0 Å². The summed E-state index contributed by atoms with van der Waals surface area (Å²) in [4.78, 5) is 66.3. The summed E-state index contributed by atoms with van der Waals surface area (Å²) in [5.74, 6) is -4.07. The predicted octanol–water partition coefficient (Wildman–Crippen LogP) is 0.120. The number of aliphatic carboxylic acids is 1. The van der Waals surface area contributed by atoms with E-state index in [0.717, 1.165) is 22.9 Å². The molecule has 41 heavy (non-hydrogen) atoms. The van der Waals surface area contributed by atoms with Gasteiger partial charge in [0, 0.05) is 29.9 Å². The lowest BCUT2D eigenvalue weighted by molar-refractivity contribution is -0.143. The zero-order valence-corrected chi connectivity index (χ0v) is 22.4. The molecular formula is C29H34N6O6. The average molecular weight is 563 g/mol. The van der Waals surface area contributed by atoms with Crippen LogP contribution in [-0.2, 0) is 36.8 Å². The van der Waals surface area contributed by atoms with Crippen LogP contribution in [-0.4, -0.2) is 70.4 Å². The molecule has 1 aliphatic rings. The average Bonchev–Trinajstić information content (AvgIpc) is 3.63. The van der Waals surface area contributed by atoms with Gasteiger partial charge in [-0.1, -0.05) is 48.5 Å². The summed E-state index contributed by atoms with van der Waals surface area (Å²) in [5, 5.41) is 21.3. The second kappa shape index (κ2) is 13.6. The highest BCUT2D eigenvalue weighted by Crippen LogP contribution is 2.19. The fraction of sp³-hybridized carbons (Fsp3) is 0.345. The summed E-state index contributed by atoms with van der Waals surface area (Å²) in [6, 6.07) is 12.3. The number of nitrogens with two attached hydrogens (primary N) is 1. The second-order valence-corrected chi connectivity index (χ2v) is 10.1. The van der Waals surface area contributed by atoms with Gasteiger partial charge in [-0.05, 0) is 36.6 Å². The standard InChI is InChI=1S/C29H34N6O6/c30-25(36)15-24(29(40)41)35-28(39)23(14-18-16-32-20-10-5-4-9-19(18)20)34-27(38)22(13-17-7-2-1-3-8-17)33-26(37)21-11-6-12-31-21/h1-5,7-10,16,21-24,31-32H,6,11-15H2,(H2,30,36)(H,33,37)(H,34,38)(H,35,39)(H,40,41). The van der Waals surface area contributed by atoms with Crippen molar-refractivity contribution in [1.29, 1.82) is 0 Å². The molecule has 2 aromatic carbocycles. The maximum atomic E-state index is 13.7. The lowest BCUT2D eigenvalue weighted by Gasteiger charge is -2.25. The first-order chi connectivity index (χ1) is 19.7. The van der Waals surface area contributed by atoms with Crippen molar-refractivity contribution in [2.45, 2.75) is 56.3 Å². The van der Waals surface area contributed by atoms with Gasteiger partial charge in [0.1, 0.15) is 18.1 Å². The van der Waals surface area contributed by atoms with Gasteiger partial charge in [-0.3, -0.25) is 19.2 Å². The summed E-state index contributed by atoms with van der Waals surface area (Å²) in [7, 11) is 0. The van der Waals surface area contributed by atoms with Crippen LogP contribution in [0, 0.1) is 0 Å². The number of rotatable bonds is 13. The number of benzene rings is 2. The number of aromatic amines is 1. The van der Waals surface area contributed by atoms with Crippen LogP contribution < -0.4 is 27.0 Å². The van der Waals surface area contributed by atoms with E-state index in [1.54, 1.807) is 6.20 Å². The third kappa shape index (κ3) is 7.92. The molecule has 0 aliphatic carbocycles. The van der Waals surface area contributed by atoms with Crippen LogP contribution in [0.2, 0.25) is 0 Å². The van der Waals surface area contributed by atoms with E-state index in [4.69, 9.17) is 5.73 Å². The van der Waals surface area contributed by atoms with E-state index in [0.29, 0.717) is 18.5 Å². The molecule has 12 nitrogen and oxygen atoms in total. The van der Waals surface area contributed by atoms with E-state index < -0.39 is 54.3 Å². The highest BCUT2D eigenvalue weighted by molar-refractivity contribution is 5.95. The van der Waals surface area contributed by atoms with Gasteiger partial charge in [0.25, 0.3) is 0 Å². The number of amides is 4. The third-order valence-electron chi connectivity index (χ3n) is 7.04.